The first-order valence-corrected chi connectivity index (χ1v) is 5.14. The van der Waals surface area contributed by atoms with Crippen LogP contribution in [0.3, 0.4) is 0 Å². The number of unbranched alkanes of at least 4 members (excludes halogenated alkanes) is 1. The van der Waals surface area contributed by atoms with Crippen LogP contribution < -0.4 is 5.73 Å². The molecule has 0 aromatic heterocycles. The Labute approximate surface area is 85.4 Å². The van der Waals surface area contributed by atoms with Crippen LogP contribution in [0.4, 0.5) is 0 Å². The third-order valence-electron chi connectivity index (χ3n) is 2.09. The van der Waals surface area contributed by atoms with Crippen molar-refractivity contribution in [2.75, 3.05) is 13.1 Å². The Morgan fingerprint density at radius 2 is 1.86 bits per heavy atom. The molecule has 0 aromatic rings. The molecular weight excluding hydrogens is 180 g/mol. The predicted octanol–water partition coefficient (Wildman–Crippen LogP) is 1.22. The average molecular weight is 199 g/mol. The van der Waals surface area contributed by atoms with E-state index in [1.165, 1.54) is 0 Å². The van der Waals surface area contributed by atoms with Gasteiger partial charge in [0, 0.05) is 25.9 Å². The molecule has 0 saturated carbocycles. The number of hydrogen-bond acceptors (Lipinski definition) is 2. The molecule has 0 aliphatic heterocycles. The molecule has 1 N–H and O–H groups in total. The van der Waals surface area contributed by atoms with E-state index in [9.17, 15) is 9.59 Å². The van der Waals surface area contributed by atoms with Crippen LogP contribution in [0.15, 0.2) is 0 Å². The second-order valence-corrected chi connectivity index (χ2v) is 3.25. The van der Waals surface area contributed by atoms with E-state index >= 15 is 0 Å². The topological polar surface area (TPSA) is 61.2 Å². The molecular formula is C10H19N2O2. The summed E-state index contributed by atoms with van der Waals surface area (Å²) in [6, 6.07) is 0. The van der Waals surface area contributed by atoms with Crippen LogP contribution in [0, 0.1) is 0 Å². The van der Waals surface area contributed by atoms with Crippen molar-refractivity contribution in [1.29, 1.82) is 0 Å². The summed E-state index contributed by atoms with van der Waals surface area (Å²) in [5.74, 6) is -0.512. The highest BCUT2D eigenvalue weighted by Crippen LogP contribution is 2.01. The maximum Gasteiger partial charge on any atom is 0.240 e. The maximum atomic E-state index is 11.5. The first kappa shape index (κ1) is 12.9. The number of nitrogens with one attached hydrogen (secondary N) is 1. The maximum absolute atomic E-state index is 11.5. The monoisotopic (exact) mass is 199 g/mol. The summed E-state index contributed by atoms with van der Waals surface area (Å²) in [6.07, 6.45) is 2.59. The minimum Gasteiger partial charge on any atom is -0.342 e. The largest absolute Gasteiger partial charge is 0.342 e. The molecule has 2 amide bonds. The van der Waals surface area contributed by atoms with Crippen molar-refractivity contribution in [2.45, 2.75) is 39.5 Å². The quantitative estimate of drug-likeness (QED) is 0.619. The van der Waals surface area contributed by atoms with Gasteiger partial charge in [-0.15, -0.1) is 0 Å². The molecule has 4 heteroatoms. The van der Waals surface area contributed by atoms with Crippen molar-refractivity contribution in [2.24, 2.45) is 0 Å². The lowest BCUT2D eigenvalue weighted by Gasteiger charge is -2.19. The van der Waals surface area contributed by atoms with Crippen LogP contribution in [0.2, 0.25) is 0 Å². The number of rotatable bonds is 7. The molecule has 1 radical (unpaired) electrons. The average Bonchev–Trinajstić information content (AvgIpc) is 2.15. The normalized spacial score (nSPS) is 9.86. The molecule has 4 nitrogen and oxygen atoms in total. The van der Waals surface area contributed by atoms with Gasteiger partial charge in [-0.2, -0.15) is 0 Å². The van der Waals surface area contributed by atoms with Crippen LogP contribution in [-0.2, 0) is 9.59 Å². The van der Waals surface area contributed by atoms with Gasteiger partial charge in [-0.25, -0.2) is 0 Å². The summed E-state index contributed by atoms with van der Waals surface area (Å²) in [5.41, 5.74) is 6.75. The Morgan fingerprint density at radius 3 is 2.29 bits per heavy atom. The predicted molar refractivity (Wildman–Crippen MR) is 54.5 cm³/mol. The Balaban J connectivity index is 3.86. The lowest BCUT2D eigenvalue weighted by atomic mass is 10.2. The molecule has 0 saturated heterocycles. The molecule has 81 valence electrons. The molecule has 0 spiro atoms. The van der Waals surface area contributed by atoms with Gasteiger partial charge < -0.3 is 4.90 Å². The summed E-state index contributed by atoms with van der Waals surface area (Å²) in [4.78, 5) is 23.6. The highest BCUT2D eigenvalue weighted by atomic mass is 16.2. The molecule has 0 atom stereocenters. The molecule has 0 unspecified atom stereocenters. The summed E-state index contributed by atoms with van der Waals surface area (Å²) in [7, 11) is 0. The minimum atomic E-state index is -0.605. The molecule has 0 aromatic carbocycles. The molecule has 0 aliphatic carbocycles. The number of hydrogen-bond donors (Lipinski definition) is 0. The molecule has 14 heavy (non-hydrogen) atoms. The lowest BCUT2D eigenvalue weighted by Crippen LogP contribution is -2.32. The van der Waals surface area contributed by atoms with Gasteiger partial charge in [-0.05, 0) is 13.3 Å². The molecule has 0 heterocycles. The molecule has 0 rings (SSSR count). The van der Waals surface area contributed by atoms with E-state index in [4.69, 9.17) is 5.73 Å². The van der Waals surface area contributed by atoms with Gasteiger partial charge >= 0.3 is 0 Å². The third kappa shape index (κ3) is 5.56. The first-order valence-electron chi connectivity index (χ1n) is 5.14. The fourth-order valence-electron chi connectivity index (χ4n) is 1.18. The van der Waals surface area contributed by atoms with E-state index < -0.39 is 5.91 Å². The summed E-state index contributed by atoms with van der Waals surface area (Å²) < 4.78 is 0. The van der Waals surface area contributed by atoms with Crippen molar-refractivity contribution < 1.29 is 9.59 Å². The van der Waals surface area contributed by atoms with Gasteiger partial charge in [-0.1, -0.05) is 13.3 Å². The minimum absolute atomic E-state index is 0.0931. The zero-order chi connectivity index (χ0) is 11.0. The van der Waals surface area contributed by atoms with Crippen molar-refractivity contribution in [3.8, 4) is 0 Å². The third-order valence-corrected chi connectivity index (χ3v) is 2.09. The molecule has 0 fully saturated rings. The Hall–Kier alpha value is -1.06. The standard InChI is InChI=1S/C10H19N2O2/c1-3-5-6-10(14)12(4-2)8-7-9(11)13/h11H,3-8H2,1-2H3. The van der Waals surface area contributed by atoms with Crippen LogP contribution in [0.1, 0.15) is 39.5 Å². The van der Waals surface area contributed by atoms with Gasteiger partial charge in [0.1, 0.15) is 0 Å². The van der Waals surface area contributed by atoms with E-state index in [1.54, 1.807) is 4.90 Å². The second-order valence-electron chi connectivity index (χ2n) is 3.25. The molecule has 0 aliphatic rings. The zero-order valence-corrected chi connectivity index (χ0v) is 9.01. The van der Waals surface area contributed by atoms with Crippen molar-refractivity contribution in [3.63, 3.8) is 0 Å². The number of carbonyl (C=O) groups is 2. The second kappa shape index (κ2) is 7.35. The van der Waals surface area contributed by atoms with Gasteiger partial charge in [0.15, 0.2) is 0 Å². The van der Waals surface area contributed by atoms with Crippen LogP contribution in [0.25, 0.3) is 0 Å². The SMILES string of the molecule is CCCCC(=O)N(CC)CCC([NH])=O. The Bertz CT molecular complexity index is 193. The van der Waals surface area contributed by atoms with E-state index in [0.29, 0.717) is 19.5 Å². The van der Waals surface area contributed by atoms with Crippen LogP contribution in [-0.4, -0.2) is 29.8 Å². The summed E-state index contributed by atoms with van der Waals surface area (Å²) >= 11 is 0. The Morgan fingerprint density at radius 1 is 1.21 bits per heavy atom. The molecule has 0 bridgehead atoms. The lowest BCUT2D eigenvalue weighted by molar-refractivity contribution is -0.131. The Kier molecular flexibility index (Phi) is 6.80. The highest BCUT2D eigenvalue weighted by molar-refractivity contribution is 5.77. The van der Waals surface area contributed by atoms with Crippen molar-refractivity contribution >= 4 is 11.8 Å². The number of amides is 2. The summed E-state index contributed by atoms with van der Waals surface area (Å²) in [5, 5.41) is 0. The first-order chi connectivity index (χ1) is 6.61. The van der Waals surface area contributed by atoms with Crippen LogP contribution >= 0.6 is 0 Å². The number of nitrogens with zero attached hydrogens (tertiary/aromatic N) is 1. The highest BCUT2D eigenvalue weighted by Gasteiger charge is 2.11. The van der Waals surface area contributed by atoms with Gasteiger partial charge in [0.25, 0.3) is 0 Å². The van der Waals surface area contributed by atoms with E-state index in [-0.39, 0.29) is 12.3 Å². The fraction of sp³-hybridized carbons (Fsp3) is 0.800. The smallest absolute Gasteiger partial charge is 0.240 e. The van der Waals surface area contributed by atoms with Crippen molar-refractivity contribution in [1.82, 2.24) is 10.6 Å². The van der Waals surface area contributed by atoms with Crippen molar-refractivity contribution in [3.05, 3.63) is 0 Å². The van der Waals surface area contributed by atoms with Gasteiger partial charge in [0.2, 0.25) is 11.8 Å². The van der Waals surface area contributed by atoms with Gasteiger partial charge in [-0.3, -0.25) is 15.3 Å². The van der Waals surface area contributed by atoms with E-state index in [1.807, 2.05) is 13.8 Å². The zero-order valence-electron chi connectivity index (χ0n) is 9.01. The van der Waals surface area contributed by atoms with E-state index in [0.717, 1.165) is 12.8 Å². The van der Waals surface area contributed by atoms with E-state index in [2.05, 4.69) is 0 Å². The fourth-order valence-corrected chi connectivity index (χ4v) is 1.18. The van der Waals surface area contributed by atoms with Gasteiger partial charge in [0.05, 0.1) is 0 Å². The summed E-state index contributed by atoms with van der Waals surface area (Å²) in [6.45, 7) is 4.94. The van der Waals surface area contributed by atoms with Crippen LogP contribution in [0.5, 0.6) is 0 Å². The number of carbonyl (C=O) groups excluding carboxylic acids is 2.